The number of carbonyl (C=O) groups is 1. The van der Waals surface area contributed by atoms with Gasteiger partial charge in [-0.05, 0) is 40.7 Å². The van der Waals surface area contributed by atoms with Crippen LogP contribution in [-0.4, -0.2) is 11.1 Å². The summed E-state index contributed by atoms with van der Waals surface area (Å²) in [5.74, 6) is -0.773. The standard InChI is InChI=1S/C18H20O2/c1-3-13-10-11-16(14-8-6-5-7-9-14)17(12-18(19)20)15(13)4-2/h5-11H,3-4,12H2,1-2H3,(H,19,20). The van der Waals surface area contributed by atoms with Gasteiger partial charge in [-0.25, -0.2) is 0 Å². The van der Waals surface area contributed by atoms with Gasteiger partial charge in [0.05, 0.1) is 6.42 Å². The molecule has 2 aromatic carbocycles. The number of benzene rings is 2. The zero-order valence-electron chi connectivity index (χ0n) is 12.0. The van der Waals surface area contributed by atoms with Gasteiger partial charge in [-0.3, -0.25) is 4.79 Å². The van der Waals surface area contributed by atoms with Gasteiger partial charge in [-0.15, -0.1) is 0 Å². The third-order valence-corrected chi connectivity index (χ3v) is 3.68. The highest BCUT2D eigenvalue weighted by Crippen LogP contribution is 2.29. The minimum absolute atomic E-state index is 0.0846. The Morgan fingerprint density at radius 1 is 0.950 bits per heavy atom. The normalized spacial score (nSPS) is 10.5. The van der Waals surface area contributed by atoms with Crippen LogP contribution in [0.15, 0.2) is 42.5 Å². The lowest BCUT2D eigenvalue weighted by Gasteiger charge is -2.16. The monoisotopic (exact) mass is 268 g/mol. The molecule has 0 atom stereocenters. The second-order valence-electron chi connectivity index (χ2n) is 4.87. The molecule has 0 heterocycles. The summed E-state index contributed by atoms with van der Waals surface area (Å²) in [6.45, 7) is 4.20. The average molecular weight is 268 g/mol. The van der Waals surface area contributed by atoms with E-state index in [9.17, 15) is 9.90 Å². The van der Waals surface area contributed by atoms with Crippen molar-refractivity contribution in [3.8, 4) is 11.1 Å². The third-order valence-electron chi connectivity index (χ3n) is 3.68. The Morgan fingerprint density at radius 2 is 1.65 bits per heavy atom. The summed E-state index contributed by atoms with van der Waals surface area (Å²) in [7, 11) is 0. The molecule has 0 unspecified atom stereocenters. The first-order valence-corrected chi connectivity index (χ1v) is 7.08. The summed E-state index contributed by atoms with van der Waals surface area (Å²) in [4.78, 5) is 11.2. The summed E-state index contributed by atoms with van der Waals surface area (Å²) >= 11 is 0. The molecular weight excluding hydrogens is 248 g/mol. The van der Waals surface area contributed by atoms with Crippen molar-refractivity contribution in [2.24, 2.45) is 0 Å². The maximum Gasteiger partial charge on any atom is 0.307 e. The Balaban J connectivity index is 2.64. The van der Waals surface area contributed by atoms with E-state index >= 15 is 0 Å². The molecule has 0 aliphatic carbocycles. The summed E-state index contributed by atoms with van der Waals surface area (Å²) in [5.41, 5.74) is 5.54. The van der Waals surface area contributed by atoms with E-state index in [4.69, 9.17) is 0 Å². The van der Waals surface area contributed by atoms with Crippen molar-refractivity contribution in [2.45, 2.75) is 33.1 Å². The molecule has 0 saturated carbocycles. The van der Waals surface area contributed by atoms with Crippen LogP contribution in [0.5, 0.6) is 0 Å². The molecule has 0 spiro atoms. The molecule has 0 aromatic heterocycles. The SMILES string of the molecule is CCc1ccc(-c2ccccc2)c(CC(=O)O)c1CC. The quantitative estimate of drug-likeness (QED) is 0.886. The zero-order valence-corrected chi connectivity index (χ0v) is 12.0. The molecule has 0 amide bonds. The van der Waals surface area contributed by atoms with E-state index in [1.54, 1.807) is 0 Å². The van der Waals surface area contributed by atoms with E-state index < -0.39 is 5.97 Å². The van der Waals surface area contributed by atoms with Crippen molar-refractivity contribution < 1.29 is 9.90 Å². The fraction of sp³-hybridized carbons (Fsp3) is 0.278. The van der Waals surface area contributed by atoms with Crippen molar-refractivity contribution in [3.05, 3.63) is 59.2 Å². The molecule has 0 saturated heterocycles. The first-order chi connectivity index (χ1) is 9.67. The topological polar surface area (TPSA) is 37.3 Å². The van der Waals surface area contributed by atoms with Crippen LogP contribution in [0.25, 0.3) is 11.1 Å². The molecule has 2 nitrogen and oxygen atoms in total. The van der Waals surface area contributed by atoms with E-state index in [0.29, 0.717) is 0 Å². The summed E-state index contributed by atoms with van der Waals surface area (Å²) in [5, 5.41) is 9.22. The Bertz CT molecular complexity index is 600. The molecule has 0 radical (unpaired) electrons. The smallest absolute Gasteiger partial charge is 0.307 e. The van der Waals surface area contributed by atoms with Crippen LogP contribution in [0.3, 0.4) is 0 Å². The van der Waals surface area contributed by atoms with E-state index in [0.717, 1.165) is 29.5 Å². The van der Waals surface area contributed by atoms with Gasteiger partial charge in [0, 0.05) is 0 Å². The molecule has 2 rings (SSSR count). The predicted octanol–water partition coefficient (Wildman–Crippen LogP) is 4.11. The minimum atomic E-state index is -0.773. The Morgan fingerprint density at radius 3 is 2.20 bits per heavy atom. The molecule has 104 valence electrons. The number of aryl methyl sites for hydroxylation is 1. The second-order valence-corrected chi connectivity index (χ2v) is 4.87. The number of hydrogen-bond donors (Lipinski definition) is 1. The number of carboxylic acids is 1. The molecule has 0 fully saturated rings. The Kier molecular flexibility index (Phi) is 4.57. The number of hydrogen-bond acceptors (Lipinski definition) is 1. The Hall–Kier alpha value is -2.09. The van der Waals surface area contributed by atoms with Gasteiger partial charge in [-0.2, -0.15) is 0 Å². The van der Waals surface area contributed by atoms with Crippen LogP contribution < -0.4 is 0 Å². The van der Waals surface area contributed by atoms with Crippen LogP contribution in [0.2, 0.25) is 0 Å². The maximum atomic E-state index is 11.2. The van der Waals surface area contributed by atoms with Crippen LogP contribution >= 0.6 is 0 Å². The fourth-order valence-corrected chi connectivity index (χ4v) is 2.75. The number of aliphatic carboxylic acids is 1. The van der Waals surface area contributed by atoms with Crippen LogP contribution in [0.4, 0.5) is 0 Å². The molecule has 0 aliphatic heterocycles. The van der Waals surface area contributed by atoms with Gasteiger partial charge in [0.25, 0.3) is 0 Å². The zero-order chi connectivity index (χ0) is 14.5. The second kappa shape index (κ2) is 6.38. The molecule has 20 heavy (non-hydrogen) atoms. The highest BCUT2D eigenvalue weighted by molar-refractivity contribution is 5.78. The summed E-state index contributed by atoms with van der Waals surface area (Å²) in [6.07, 6.45) is 1.89. The van der Waals surface area contributed by atoms with Crippen LogP contribution in [-0.2, 0) is 24.1 Å². The highest BCUT2D eigenvalue weighted by Gasteiger charge is 2.15. The molecular formula is C18H20O2. The average Bonchev–Trinajstić information content (AvgIpc) is 2.47. The van der Waals surface area contributed by atoms with Gasteiger partial charge in [0.1, 0.15) is 0 Å². The van der Waals surface area contributed by atoms with Crippen molar-refractivity contribution in [2.75, 3.05) is 0 Å². The number of rotatable bonds is 5. The predicted molar refractivity (Wildman–Crippen MR) is 82.0 cm³/mol. The van der Waals surface area contributed by atoms with Gasteiger partial charge in [-0.1, -0.05) is 56.3 Å². The van der Waals surface area contributed by atoms with E-state index in [-0.39, 0.29) is 6.42 Å². The Labute approximate surface area is 120 Å². The molecule has 2 heteroatoms. The van der Waals surface area contributed by atoms with E-state index in [2.05, 4.69) is 26.0 Å². The van der Waals surface area contributed by atoms with E-state index in [1.165, 1.54) is 11.1 Å². The van der Waals surface area contributed by atoms with Gasteiger partial charge in [0.15, 0.2) is 0 Å². The van der Waals surface area contributed by atoms with Gasteiger partial charge in [0.2, 0.25) is 0 Å². The number of carboxylic acid groups (broad SMARTS) is 1. The van der Waals surface area contributed by atoms with Crippen LogP contribution in [0, 0.1) is 0 Å². The van der Waals surface area contributed by atoms with Crippen molar-refractivity contribution in [1.29, 1.82) is 0 Å². The molecule has 0 aliphatic rings. The van der Waals surface area contributed by atoms with Gasteiger partial charge >= 0.3 is 5.97 Å². The summed E-state index contributed by atoms with van der Waals surface area (Å²) < 4.78 is 0. The minimum Gasteiger partial charge on any atom is -0.481 e. The molecule has 0 bridgehead atoms. The van der Waals surface area contributed by atoms with Crippen molar-refractivity contribution in [1.82, 2.24) is 0 Å². The first-order valence-electron chi connectivity index (χ1n) is 7.08. The lowest BCUT2D eigenvalue weighted by molar-refractivity contribution is -0.136. The largest absolute Gasteiger partial charge is 0.481 e. The first kappa shape index (κ1) is 14.3. The molecule has 2 aromatic rings. The van der Waals surface area contributed by atoms with Crippen molar-refractivity contribution >= 4 is 5.97 Å². The molecule has 1 N–H and O–H groups in total. The lowest BCUT2D eigenvalue weighted by atomic mass is 9.88. The third kappa shape index (κ3) is 2.90. The highest BCUT2D eigenvalue weighted by atomic mass is 16.4. The summed E-state index contributed by atoms with van der Waals surface area (Å²) in [6, 6.07) is 14.2. The van der Waals surface area contributed by atoms with Crippen LogP contribution in [0.1, 0.15) is 30.5 Å². The van der Waals surface area contributed by atoms with Gasteiger partial charge < -0.3 is 5.11 Å². The fourth-order valence-electron chi connectivity index (χ4n) is 2.75. The van der Waals surface area contributed by atoms with E-state index in [1.807, 2.05) is 30.3 Å². The van der Waals surface area contributed by atoms with Crippen molar-refractivity contribution in [3.63, 3.8) is 0 Å². The maximum absolute atomic E-state index is 11.2. The lowest BCUT2D eigenvalue weighted by Crippen LogP contribution is -2.07.